The minimum absolute atomic E-state index is 0.0937. The first kappa shape index (κ1) is 11.5. The van der Waals surface area contributed by atoms with Gasteiger partial charge in [-0.2, -0.15) is 0 Å². The van der Waals surface area contributed by atoms with Gasteiger partial charge in [0, 0.05) is 12.4 Å². The summed E-state index contributed by atoms with van der Waals surface area (Å²) >= 11 is 0. The summed E-state index contributed by atoms with van der Waals surface area (Å²) in [5.41, 5.74) is 0.253. The Morgan fingerprint density at radius 1 is 1.22 bits per heavy atom. The molecule has 0 spiro atoms. The fourth-order valence-electron chi connectivity index (χ4n) is 3.05. The van der Waals surface area contributed by atoms with Crippen LogP contribution in [0.25, 0.3) is 0 Å². The van der Waals surface area contributed by atoms with Gasteiger partial charge in [-0.25, -0.2) is 4.98 Å². The van der Waals surface area contributed by atoms with Gasteiger partial charge in [0.2, 0.25) is 0 Å². The molecule has 1 fully saturated rings. The Hall–Kier alpha value is -1.61. The van der Waals surface area contributed by atoms with E-state index < -0.39 is 5.60 Å². The van der Waals surface area contributed by atoms with E-state index in [1.165, 1.54) is 0 Å². The summed E-state index contributed by atoms with van der Waals surface area (Å²) in [5.74, 6) is 0. The first-order valence-electron chi connectivity index (χ1n) is 6.56. The SMILES string of the molecule is O[C@@]1(c2ccccc2)CCCC[C@@H]1n1ccnc1. The second-order valence-corrected chi connectivity index (χ2v) is 5.06. The van der Waals surface area contributed by atoms with Crippen molar-refractivity contribution in [2.24, 2.45) is 0 Å². The highest BCUT2D eigenvalue weighted by Crippen LogP contribution is 2.44. The van der Waals surface area contributed by atoms with Gasteiger partial charge in [-0.1, -0.05) is 43.2 Å². The van der Waals surface area contributed by atoms with Crippen LogP contribution in [0, 0.1) is 0 Å². The van der Waals surface area contributed by atoms with E-state index in [1.54, 1.807) is 6.20 Å². The van der Waals surface area contributed by atoms with Crippen molar-refractivity contribution in [3.05, 3.63) is 54.6 Å². The highest BCUT2D eigenvalue weighted by molar-refractivity contribution is 5.24. The van der Waals surface area contributed by atoms with Crippen molar-refractivity contribution in [2.45, 2.75) is 37.3 Å². The van der Waals surface area contributed by atoms with Crippen LogP contribution in [-0.4, -0.2) is 14.7 Å². The van der Waals surface area contributed by atoms with Crippen LogP contribution in [0.4, 0.5) is 0 Å². The van der Waals surface area contributed by atoms with Crippen molar-refractivity contribution in [3.8, 4) is 0 Å². The lowest BCUT2D eigenvalue weighted by molar-refractivity contribution is -0.0474. The van der Waals surface area contributed by atoms with Crippen molar-refractivity contribution >= 4 is 0 Å². The van der Waals surface area contributed by atoms with Gasteiger partial charge in [0.25, 0.3) is 0 Å². The van der Waals surface area contributed by atoms with Gasteiger partial charge in [-0.15, -0.1) is 0 Å². The van der Waals surface area contributed by atoms with Crippen LogP contribution in [0.3, 0.4) is 0 Å². The zero-order valence-corrected chi connectivity index (χ0v) is 10.4. The van der Waals surface area contributed by atoms with Gasteiger partial charge in [0.15, 0.2) is 0 Å². The molecule has 0 saturated heterocycles. The maximum atomic E-state index is 11.1. The fourth-order valence-corrected chi connectivity index (χ4v) is 3.05. The monoisotopic (exact) mass is 242 g/mol. The van der Waals surface area contributed by atoms with Gasteiger partial charge in [0.05, 0.1) is 12.4 Å². The molecule has 94 valence electrons. The van der Waals surface area contributed by atoms with Gasteiger partial charge >= 0.3 is 0 Å². The molecule has 2 aromatic rings. The fraction of sp³-hybridized carbons (Fsp3) is 0.400. The molecular weight excluding hydrogens is 224 g/mol. The molecule has 1 aliphatic rings. The van der Waals surface area contributed by atoms with Gasteiger partial charge in [-0.3, -0.25) is 0 Å². The Kier molecular flexibility index (Phi) is 2.92. The molecule has 0 bridgehead atoms. The average Bonchev–Trinajstić information content (AvgIpc) is 2.94. The zero-order chi connectivity index (χ0) is 12.4. The maximum Gasteiger partial charge on any atom is 0.110 e. The molecule has 1 aromatic carbocycles. The van der Waals surface area contributed by atoms with Crippen LogP contribution in [0.2, 0.25) is 0 Å². The summed E-state index contributed by atoms with van der Waals surface area (Å²) in [5, 5.41) is 11.1. The van der Waals surface area contributed by atoms with Crippen LogP contribution >= 0.6 is 0 Å². The Morgan fingerprint density at radius 2 is 2.06 bits per heavy atom. The summed E-state index contributed by atoms with van der Waals surface area (Å²) in [6.07, 6.45) is 9.60. The Labute approximate surface area is 107 Å². The lowest BCUT2D eigenvalue weighted by Gasteiger charge is -2.41. The Bertz CT molecular complexity index is 494. The summed E-state index contributed by atoms with van der Waals surface area (Å²) < 4.78 is 2.05. The van der Waals surface area contributed by atoms with E-state index in [0.717, 1.165) is 31.2 Å². The molecule has 1 saturated carbocycles. The third-order valence-electron chi connectivity index (χ3n) is 4.00. The predicted molar refractivity (Wildman–Crippen MR) is 70.1 cm³/mol. The van der Waals surface area contributed by atoms with Crippen LogP contribution in [0.5, 0.6) is 0 Å². The van der Waals surface area contributed by atoms with Crippen molar-refractivity contribution in [2.75, 3.05) is 0 Å². The maximum absolute atomic E-state index is 11.1. The first-order valence-corrected chi connectivity index (χ1v) is 6.56. The standard InChI is InChI=1S/C15H18N2O/c18-15(13-6-2-1-3-7-13)9-5-4-8-14(15)17-11-10-16-12-17/h1-3,6-7,10-12,14,18H,4-5,8-9H2/t14-,15+/m0/s1. The molecule has 0 unspecified atom stereocenters. The number of imidazole rings is 1. The molecule has 0 aliphatic heterocycles. The summed E-state index contributed by atoms with van der Waals surface area (Å²) in [4.78, 5) is 4.11. The molecular formula is C15H18N2O. The normalized spacial score (nSPS) is 28.2. The van der Waals surface area contributed by atoms with E-state index in [9.17, 15) is 5.11 Å². The molecule has 0 amide bonds. The van der Waals surface area contributed by atoms with Crippen molar-refractivity contribution in [1.82, 2.24) is 9.55 Å². The number of nitrogens with zero attached hydrogens (tertiary/aromatic N) is 2. The van der Waals surface area contributed by atoms with E-state index >= 15 is 0 Å². The second kappa shape index (κ2) is 4.58. The molecule has 3 rings (SSSR count). The molecule has 2 atom stereocenters. The number of benzene rings is 1. The minimum atomic E-state index is -0.764. The van der Waals surface area contributed by atoms with Gasteiger partial charge in [-0.05, 0) is 18.4 Å². The average molecular weight is 242 g/mol. The molecule has 1 aromatic heterocycles. The minimum Gasteiger partial charge on any atom is -0.383 e. The molecule has 3 nitrogen and oxygen atoms in total. The molecule has 1 heterocycles. The number of rotatable bonds is 2. The van der Waals surface area contributed by atoms with Crippen LogP contribution in [0.15, 0.2) is 49.1 Å². The van der Waals surface area contributed by atoms with Gasteiger partial charge in [0.1, 0.15) is 5.60 Å². The van der Waals surface area contributed by atoms with Crippen molar-refractivity contribution < 1.29 is 5.11 Å². The quantitative estimate of drug-likeness (QED) is 0.879. The largest absolute Gasteiger partial charge is 0.383 e. The van der Waals surface area contributed by atoms with E-state index in [2.05, 4.69) is 4.98 Å². The van der Waals surface area contributed by atoms with Crippen molar-refractivity contribution in [1.29, 1.82) is 0 Å². The van der Waals surface area contributed by atoms with E-state index in [-0.39, 0.29) is 6.04 Å². The number of hydrogen-bond acceptors (Lipinski definition) is 2. The molecule has 3 heteroatoms. The lowest BCUT2D eigenvalue weighted by Crippen LogP contribution is -2.39. The Balaban J connectivity index is 2.01. The zero-order valence-electron chi connectivity index (χ0n) is 10.4. The van der Waals surface area contributed by atoms with Crippen LogP contribution in [0.1, 0.15) is 37.3 Å². The molecule has 18 heavy (non-hydrogen) atoms. The molecule has 1 aliphatic carbocycles. The molecule has 1 N–H and O–H groups in total. The van der Waals surface area contributed by atoms with E-state index in [1.807, 2.05) is 47.4 Å². The lowest BCUT2D eigenvalue weighted by atomic mass is 9.75. The number of hydrogen-bond donors (Lipinski definition) is 1. The third kappa shape index (κ3) is 1.85. The van der Waals surface area contributed by atoms with Gasteiger partial charge < -0.3 is 9.67 Å². The smallest absolute Gasteiger partial charge is 0.110 e. The summed E-state index contributed by atoms with van der Waals surface area (Å²) in [6, 6.07) is 10.1. The predicted octanol–water partition coefficient (Wildman–Crippen LogP) is 2.89. The first-order chi connectivity index (χ1) is 8.81. The topological polar surface area (TPSA) is 38.0 Å². The van der Waals surface area contributed by atoms with Crippen molar-refractivity contribution in [3.63, 3.8) is 0 Å². The van der Waals surface area contributed by atoms with E-state index in [0.29, 0.717) is 0 Å². The van der Waals surface area contributed by atoms with Crippen LogP contribution < -0.4 is 0 Å². The molecule has 0 radical (unpaired) electrons. The third-order valence-corrected chi connectivity index (χ3v) is 4.00. The highest BCUT2D eigenvalue weighted by atomic mass is 16.3. The summed E-state index contributed by atoms with van der Waals surface area (Å²) in [6.45, 7) is 0. The summed E-state index contributed by atoms with van der Waals surface area (Å²) in [7, 11) is 0. The van der Waals surface area contributed by atoms with Crippen LogP contribution in [-0.2, 0) is 5.60 Å². The number of aliphatic hydroxyl groups is 1. The van der Waals surface area contributed by atoms with E-state index in [4.69, 9.17) is 0 Å². The number of aromatic nitrogens is 2. The second-order valence-electron chi connectivity index (χ2n) is 5.06. The highest BCUT2D eigenvalue weighted by Gasteiger charge is 2.41. The Morgan fingerprint density at radius 3 is 2.78 bits per heavy atom.